The van der Waals surface area contributed by atoms with Gasteiger partial charge in [-0.05, 0) is 24.1 Å². The molecule has 0 radical (unpaired) electrons. The Morgan fingerprint density at radius 3 is 3.11 bits per heavy atom. The Kier molecular flexibility index (Phi) is 2.08. The number of hydrogen-bond donors (Lipinski definition) is 0. The predicted octanol–water partition coefficient (Wildman–Crippen LogP) is 2.23. The minimum absolute atomic E-state index is 0.266. The molecule has 1 fully saturated rings. The number of methoxy groups -OCH3 is 1. The molecule has 0 N–H and O–H groups in total. The first-order valence-electron chi connectivity index (χ1n) is 6.16. The van der Waals surface area contributed by atoms with Crippen LogP contribution in [0.5, 0.6) is 17.2 Å². The van der Waals surface area contributed by atoms with E-state index in [2.05, 4.69) is 12.2 Å². The zero-order chi connectivity index (χ0) is 12.1. The van der Waals surface area contributed by atoms with Gasteiger partial charge in [-0.15, -0.1) is 0 Å². The molecule has 3 atom stereocenters. The Morgan fingerprint density at radius 2 is 2.22 bits per heavy atom. The molecule has 1 aliphatic carbocycles. The van der Waals surface area contributed by atoms with E-state index in [4.69, 9.17) is 18.9 Å². The summed E-state index contributed by atoms with van der Waals surface area (Å²) in [7, 11) is 1.65. The Morgan fingerprint density at radius 1 is 1.28 bits per heavy atom. The van der Waals surface area contributed by atoms with Crippen LogP contribution in [0, 0.1) is 0 Å². The second-order valence-corrected chi connectivity index (χ2v) is 4.79. The van der Waals surface area contributed by atoms with E-state index in [0.717, 1.165) is 17.9 Å². The van der Waals surface area contributed by atoms with Gasteiger partial charge in [-0.1, -0.05) is 12.2 Å². The number of rotatable bonds is 2. The average molecular weight is 246 g/mol. The van der Waals surface area contributed by atoms with E-state index in [1.807, 2.05) is 12.1 Å². The van der Waals surface area contributed by atoms with E-state index in [1.54, 1.807) is 7.11 Å². The lowest BCUT2D eigenvalue weighted by Crippen LogP contribution is -2.11. The van der Waals surface area contributed by atoms with Gasteiger partial charge in [-0.25, -0.2) is 0 Å². The van der Waals surface area contributed by atoms with E-state index >= 15 is 0 Å². The highest BCUT2D eigenvalue weighted by molar-refractivity contribution is 5.56. The van der Waals surface area contributed by atoms with Gasteiger partial charge in [-0.2, -0.15) is 0 Å². The van der Waals surface area contributed by atoms with E-state index in [0.29, 0.717) is 23.9 Å². The van der Waals surface area contributed by atoms with Crippen molar-refractivity contribution < 1.29 is 18.9 Å². The second-order valence-electron chi connectivity index (χ2n) is 4.79. The van der Waals surface area contributed by atoms with E-state index < -0.39 is 0 Å². The fraction of sp³-hybridized carbons (Fsp3) is 0.429. The molecule has 4 rings (SSSR count). The summed E-state index contributed by atoms with van der Waals surface area (Å²) in [6.07, 6.45) is 5.96. The summed E-state index contributed by atoms with van der Waals surface area (Å²) < 4.78 is 21.9. The smallest absolute Gasteiger partial charge is 0.231 e. The molecule has 94 valence electrons. The minimum Gasteiger partial charge on any atom is -0.493 e. The van der Waals surface area contributed by atoms with Crippen molar-refractivity contribution in [1.82, 2.24) is 0 Å². The quantitative estimate of drug-likeness (QED) is 0.592. The first-order valence-corrected chi connectivity index (χ1v) is 6.16. The molecule has 0 spiro atoms. The van der Waals surface area contributed by atoms with Crippen molar-refractivity contribution in [2.45, 2.75) is 24.5 Å². The van der Waals surface area contributed by atoms with Gasteiger partial charge in [0.15, 0.2) is 11.5 Å². The Labute approximate surface area is 105 Å². The highest BCUT2D eigenvalue weighted by Crippen LogP contribution is 2.48. The van der Waals surface area contributed by atoms with E-state index in [-0.39, 0.29) is 6.79 Å². The average Bonchev–Trinajstić information content (AvgIpc) is 3.05. The molecule has 1 saturated heterocycles. The normalized spacial score (nSPS) is 31.1. The van der Waals surface area contributed by atoms with Crippen molar-refractivity contribution in [3.05, 3.63) is 29.8 Å². The number of benzene rings is 1. The molecule has 3 aliphatic rings. The van der Waals surface area contributed by atoms with Gasteiger partial charge in [0.1, 0.15) is 6.10 Å². The largest absolute Gasteiger partial charge is 0.493 e. The summed E-state index contributed by atoms with van der Waals surface area (Å²) in [5, 5.41) is 0. The highest BCUT2D eigenvalue weighted by atomic mass is 16.7. The topological polar surface area (TPSA) is 40.2 Å². The highest BCUT2D eigenvalue weighted by Gasteiger charge is 2.45. The Hall–Kier alpha value is -1.68. The van der Waals surface area contributed by atoms with Crippen LogP contribution in [0.25, 0.3) is 0 Å². The predicted molar refractivity (Wildman–Crippen MR) is 64.3 cm³/mol. The SMILES string of the molecule is COc1cc(C2CC=CC3OC32)cc2c1OCO2. The van der Waals surface area contributed by atoms with Crippen LogP contribution in [0.4, 0.5) is 0 Å². The molecule has 1 aromatic carbocycles. The summed E-state index contributed by atoms with van der Waals surface area (Å²) >= 11 is 0. The van der Waals surface area contributed by atoms with Crippen LogP contribution in [0.2, 0.25) is 0 Å². The van der Waals surface area contributed by atoms with Crippen molar-refractivity contribution in [2.24, 2.45) is 0 Å². The third kappa shape index (κ3) is 1.42. The van der Waals surface area contributed by atoms with Crippen molar-refractivity contribution in [3.8, 4) is 17.2 Å². The zero-order valence-corrected chi connectivity index (χ0v) is 10.1. The van der Waals surface area contributed by atoms with Crippen LogP contribution in [-0.2, 0) is 4.74 Å². The van der Waals surface area contributed by atoms with Crippen LogP contribution >= 0.6 is 0 Å². The number of hydrogen-bond acceptors (Lipinski definition) is 4. The Balaban J connectivity index is 1.75. The number of ether oxygens (including phenoxy) is 4. The molecule has 1 aromatic rings. The van der Waals surface area contributed by atoms with Crippen LogP contribution < -0.4 is 14.2 Å². The molecular weight excluding hydrogens is 232 g/mol. The van der Waals surface area contributed by atoms with Gasteiger partial charge in [-0.3, -0.25) is 0 Å². The molecule has 2 aliphatic heterocycles. The number of fused-ring (bicyclic) bond motifs is 2. The number of epoxide rings is 1. The van der Waals surface area contributed by atoms with Crippen molar-refractivity contribution in [3.63, 3.8) is 0 Å². The maximum atomic E-state index is 5.64. The van der Waals surface area contributed by atoms with Crippen LogP contribution in [0.3, 0.4) is 0 Å². The molecule has 3 unspecified atom stereocenters. The fourth-order valence-corrected chi connectivity index (χ4v) is 2.80. The molecule has 0 amide bonds. The van der Waals surface area contributed by atoms with Crippen LogP contribution in [0.15, 0.2) is 24.3 Å². The van der Waals surface area contributed by atoms with Crippen molar-refractivity contribution in [1.29, 1.82) is 0 Å². The van der Waals surface area contributed by atoms with Crippen molar-refractivity contribution in [2.75, 3.05) is 13.9 Å². The zero-order valence-electron chi connectivity index (χ0n) is 10.1. The lowest BCUT2D eigenvalue weighted by molar-refractivity contribution is 0.171. The van der Waals surface area contributed by atoms with Crippen LogP contribution in [0.1, 0.15) is 17.9 Å². The molecule has 18 heavy (non-hydrogen) atoms. The van der Waals surface area contributed by atoms with Gasteiger partial charge in [0.2, 0.25) is 12.5 Å². The van der Waals surface area contributed by atoms with E-state index in [1.165, 1.54) is 5.56 Å². The first-order chi connectivity index (χ1) is 8.86. The minimum atomic E-state index is 0.266. The van der Waals surface area contributed by atoms with Crippen molar-refractivity contribution >= 4 is 0 Å². The lowest BCUT2D eigenvalue weighted by Gasteiger charge is -2.17. The maximum absolute atomic E-state index is 5.64. The summed E-state index contributed by atoms with van der Waals surface area (Å²) in [6.45, 7) is 0.266. The summed E-state index contributed by atoms with van der Waals surface area (Å²) in [4.78, 5) is 0. The molecule has 0 aromatic heterocycles. The standard InChI is InChI=1S/C14H14O4/c1-15-11-5-8(6-12-14(11)17-7-16-12)9-3-2-4-10-13(9)18-10/h2,4-6,9-10,13H,3,7H2,1H3. The maximum Gasteiger partial charge on any atom is 0.231 e. The summed E-state index contributed by atoms with van der Waals surface area (Å²) in [5.41, 5.74) is 1.20. The molecular formula is C14H14O4. The fourth-order valence-electron chi connectivity index (χ4n) is 2.80. The Bertz CT molecular complexity index is 523. The number of allylic oxidation sites excluding steroid dienone is 1. The third-order valence-corrected chi connectivity index (χ3v) is 3.78. The monoisotopic (exact) mass is 246 g/mol. The summed E-state index contributed by atoms with van der Waals surface area (Å²) in [6, 6.07) is 4.09. The second kappa shape index (κ2) is 3.65. The molecule has 2 heterocycles. The van der Waals surface area contributed by atoms with Gasteiger partial charge in [0, 0.05) is 5.92 Å². The lowest BCUT2D eigenvalue weighted by atomic mass is 9.87. The van der Waals surface area contributed by atoms with E-state index in [9.17, 15) is 0 Å². The molecule has 4 heteroatoms. The summed E-state index contributed by atoms with van der Waals surface area (Å²) in [5.74, 6) is 2.62. The van der Waals surface area contributed by atoms with Gasteiger partial charge in [0.05, 0.1) is 13.2 Å². The first kappa shape index (κ1) is 10.3. The molecule has 0 bridgehead atoms. The van der Waals surface area contributed by atoms with Gasteiger partial charge in [0.25, 0.3) is 0 Å². The van der Waals surface area contributed by atoms with Crippen LogP contribution in [-0.4, -0.2) is 26.1 Å². The van der Waals surface area contributed by atoms with Gasteiger partial charge >= 0.3 is 0 Å². The molecule has 4 nitrogen and oxygen atoms in total. The third-order valence-electron chi connectivity index (χ3n) is 3.78. The molecule has 0 saturated carbocycles. The van der Waals surface area contributed by atoms with Gasteiger partial charge < -0.3 is 18.9 Å².